The van der Waals surface area contributed by atoms with E-state index in [-0.39, 0.29) is 18.0 Å². The fourth-order valence-corrected chi connectivity index (χ4v) is 2.48. The van der Waals surface area contributed by atoms with E-state index in [0.29, 0.717) is 4.47 Å². The van der Waals surface area contributed by atoms with E-state index in [9.17, 15) is 4.39 Å². The van der Waals surface area contributed by atoms with Crippen molar-refractivity contribution in [3.8, 4) is 5.75 Å². The minimum absolute atomic E-state index is 0.131. The fourth-order valence-electron chi connectivity index (χ4n) is 1.97. The third kappa shape index (κ3) is 3.38. The predicted molar refractivity (Wildman–Crippen MR) is 82.3 cm³/mol. The first-order valence-corrected chi connectivity index (χ1v) is 7.24. The molecule has 0 amide bonds. The normalized spacial score (nSPS) is 12.5. The average Bonchev–Trinajstić information content (AvgIpc) is 2.41. The van der Waals surface area contributed by atoms with Crippen LogP contribution in [0.2, 0.25) is 0 Å². The van der Waals surface area contributed by atoms with Crippen LogP contribution in [0.15, 0.2) is 46.9 Å². The lowest BCUT2D eigenvalue weighted by atomic mass is 9.99. The van der Waals surface area contributed by atoms with Crippen LogP contribution in [0.5, 0.6) is 5.75 Å². The number of hydrogen-bond donors (Lipinski definition) is 1. The van der Waals surface area contributed by atoms with Gasteiger partial charge in [-0.2, -0.15) is 0 Å². The van der Waals surface area contributed by atoms with Gasteiger partial charge in [-0.05, 0) is 59.1 Å². The highest BCUT2D eigenvalue weighted by Crippen LogP contribution is 2.29. The smallest absolute Gasteiger partial charge is 0.137 e. The van der Waals surface area contributed by atoms with Gasteiger partial charge in [-0.25, -0.2) is 4.39 Å². The largest absolute Gasteiger partial charge is 0.491 e. The van der Waals surface area contributed by atoms with Crippen LogP contribution in [0, 0.1) is 5.82 Å². The van der Waals surface area contributed by atoms with Gasteiger partial charge in [0.05, 0.1) is 16.6 Å². The number of ether oxygens (including phenoxy) is 1. The molecule has 2 aromatic rings. The summed E-state index contributed by atoms with van der Waals surface area (Å²) < 4.78 is 19.5. The zero-order valence-corrected chi connectivity index (χ0v) is 13.0. The third-order valence-corrected chi connectivity index (χ3v) is 3.76. The molecular formula is C16H17BrFNO. The maximum absolute atomic E-state index is 13.5. The molecule has 4 heteroatoms. The molecule has 0 radical (unpaired) electrons. The van der Waals surface area contributed by atoms with Crippen LogP contribution in [-0.4, -0.2) is 6.10 Å². The summed E-state index contributed by atoms with van der Waals surface area (Å²) in [7, 11) is 0. The molecule has 0 saturated heterocycles. The average molecular weight is 338 g/mol. The SMILES string of the molecule is CC(C)Oc1ccc(C(N)c2cccc(F)c2Br)cc1. The maximum Gasteiger partial charge on any atom is 0.137 e. The van der Waals surface area contributed by atoms with Crippen LogP contribution in [0.1, 0.15) is 31.0 Å². The molecule has 0 saturated carbocycles. The first-order chi connectivity index (χ1) is 9.49. The zero-order chi connectivity index (χ0) is 14.7. The van der Waals surface area contributed by atoms with Crippen LogP contribution >= 0.6 is 15.9 Å². The van der Waals surface area contributed by atoms with Gasteiger partial charge in [-0.3, -0.25) is 0 Å². The molecule has 0 bridgehead atoms. The first kappa shape index (κ1) is 15.0. The zero-order valence-electron chi connectivity index (χ0n) is 11.4. The predicted octanol–water partition coefficient (Wildman–Crippen LogP) is 4.42. The van der Waals surface area contributed by atoms with Crippen LogP contribution in [0.25, 0.3) is 0 Å². The Morgan fingerprint density at radius 2 is 1.75 bits per heavy atom. The lowest BCUT2D eigenvalue weighted by molar-refractivity contribution is 0.242. The summed E-state index contributed by atoms with van der Waals surface area (Å²) in [6.45, 7) is 3.95. The standard InChI is InChI=1S/C16H17BrFNO/c1-10(2)20-12-8-6-11(7-9-12)16(19)13-4-3-5-14(18)15(13)17/h3-10,16H,19H2,1-2H3. The van der Waals surface area contributed by atoms with Gasteiger partial charge < -0.3 is 10.5 Å². The summed E-state index contributed by atoms with van der Waals surface area (Å²) >= 11 is 3.25. The van der Waals surface area contributed by atoms with Crippen molar-refractivity contribution in [1.29, 1.82) is 0 Å². The van der Waals surface area contributed by atoms with Gasteiger partial charge in [0.25, 0.3) is 0 Å². The Balaban J connectivity index is 2.25. The monoisotopic (exact) mass is 337 g/mol. The number of rotatable bonds is 4. The molecule has 0 aliphatic rings. The van der Waals surface area contributed by atoms with E-state index in [0.717, 1.165) is 16.9 Å². The van der Waals surface area contributed by atoms with Crippen molar-refractivity contribution >= 4 is 15.9 Å². The summed E-state index contributed by atoms with van der Waals surface area (Å²) in [5, 5.41) is 0. The second kappa shape index (κ2) is 6.37. The minimum Gasteiger partial charge on any atom is -0.491 e. The van der Waals surface area contributed by atoms with Crippen molar-refractivity contribution < 1.29 is 9.13 Å². The van der Waals surface area contributed by atoms with Crippen molar-refractivity contribution in [3.05, 3.63) is 63.9 Å². The van der Waals surface area contributed by atoms with Crippen molar-refractivity contribution in [2.45, 2.75) is 26.0 Å². The molecule has 0 aliphatic heterocycles. The highest BCUT2D eigenvalue weighted by Gasteiger charge is 2.14. The lowest BCUT2D eigenvalue weighted by Crippen LogP contribution is -2.13. The molecular weight excluding hydrogens is 321 g/mol. The quantitative estimate of drug-likeness (QED) is 0.895. The second-order valence-corrected chi connectivity index (χ2v) is 5.65. The first-order valence-electron chi connectivity index (χ1n) is 6.45. The Labute approximate surface area is 126 Å². The van der Waals surface area contributed by atoms with Gasteiger partial charge in [-0.1, -0.05) is 24.3 Å². The van der Waals surface area contributed by atoms with Gasteiger partial charge in [0.15, 0.2) is 0 Å². The number of benzene rings is 2. The van der Waals surface area contributed by atoms with Crippen LogP contribution in [-0.2, 0) is 0 Å². The molecule has 0 aromatic heterocycles. The molecule has 1 atom stereocenters. The topological polar surface area (TPSA) is 35.2 Å². The van der Waals surface area contributed by atoms with E-state index >= 15 is 0 Å². The molecule has 2 rings (SSSR count). The van der Waals surface area contributed by atoms with Crippen molar-refractivity contribution in [2.75, 3.05) is 0 Å². The summed E-state index contributed by atoms with van der Waals surface area (Å²) in [5.74, 6) is 0.493. The van der Waals surface area contributed by atoms with E-state index in [1.165, 1.54) is 6.07 Å². The highest BCUT2D eigenvalue weighted by molar-refractivity contribution is 9.10. The maximum atomic E-state index is 13.5. The van der Waals surface area contributed by atoms with E-state index < -0.39 is 0 Å². The van der Waals surface area contributed by atoms with Gasteiger partial charge in [0.1, 0.15) is 11.6 Å². The second-order valence-electron chi connectivity index (χ2n) is 4.86. The molecule has 0 fully saturated rings. The van der Waals surface area contributed by atoms with Gasteiger partial charge in [0, 0.05) is 0 Å². The Bertz CT molecular complexity index is 584. The van der Waals surface area contributed by atoms with E-state index in [4.69, 9.17) is 10.5 Å². The summed E-state index contributed by atoms with van der Waals surface area (Å²) in [4.78, 5) is 0. The number of halogens is 2. The van der Waals surface area contributed by atoms with Gasteiger partial charge in [-0.15, -0.1) is 0 Å². The Hall–Kier alpha value is -1.39. The Morgan fingerprint density at radius 3 is 2.35 bits per heavy atom. The molecule has 0 aliphatic carbocycles. The van der Waals surface area contributed by atoms with Gasteiger partial charge in [0.2, 0.25) is 0 Å². The van der Waals surface area contributed by atoms with E-state index in [1.54, 1.807) is 6.07 Å². The molecule has 2 aromatic carbocycles. The lowest BCUT2D eigenvalue weighted by Gasteiger charge is -2.16. The number of hydrogen-bond acceptors (Lipinski definition) is 2. The highest BCUT2D eigenvalue weighted by atomic mass is 79.9. The molecule has 1 unspecified atom stereocenters. The fraction of sp³-hybridized carbons (Fsp3) is 0.250. The van der Waals surface area contributed by atoms with Crippen molar-refractivity contribution in [2.24, 2.45) is 5.73 Å². The van der Waals surface area contributed by atoms with Crippen molar-refractivity contribution in [3.63, 3.8) is 0 Å². The molecule has 0 spiro atoms. The molecule has 20 heavy (non-hydrogen) atoms. The van der Waals surface area contributed by atoms with Crippen LogP contribution in [0.3, 0.4) is 0 Å². The van der Waals surface area contributed by atoms with Crippen LogP contribution in [0.4, 0.5) is 4.39 Å². The van der Waals surface area contributed by atoms with Crippen LogP contribution < -0.4 is 10.5 Å². The van der Waals surface area contributed by atoms with E-state index in [1.807, 2.05) is 44.2 Å². The minimum atomic E-state index is -0.381. The molecule has 0 heterocycles. The van der Waals surface area contributed by atoms with Crippen molar-refractivity contribution in [1.82, 2.24) is 0 Å². The summed E-state index contributed by atoms with van der Waals surface area (Å²) in [5.41, 5.74) is 7.83. The molecule has 106 valence electrons. The summed E-state index contributed by atoms with van der Waals surface area (Å²) in [6.07, 6.45) is 0.131. The van der Waals surface area contributed by atoms with E-state index in [2.05, 4.69) is 15.9 Å². The summed E-state index contributed by atoms with van der Waals surface area (Å²) in [6, 6.07) is 12.1. The third-order valence-electron chi connectivity index (χ3n) is 2.93. The molecule has 2 nitrogen and oxygen atoms in total. The Morgan fingerprint density at radius 1 is 1.10 bits per heavy atom. The Kier molecular flexibility index (Phi) is 4.78. The van der Waals surface area contributed by atoms with Gasteiger partial charge >= 0.3 is 0 Å². The molecule has 2 N–H and O–H groups in total. The number of nitrogens with two attached hydrogens (primary N) is 1.